The molecule has 6 heteroatoms. The van der Waals surface area contributed by atoms with Crippen LogP contribution in [0.2, 0.25) is 0 Å². The van der Waals surface area contributed by atoms with Gasteiger partial charge in [0, 0.05) is 6.54 Å². The average Bonchev–Trinajstić information content (AvgIpc) is 2.20. The molecular weight excluding hydrogens is 285 g/mol. The zero-order chi connectivity index (χ0) is 11.5. The zero-order valence-corrected chi connectivity index (χ0v) is 10.5. The number of aryl methyl sites for hydroxylation is 1. The van der Waals surface area contributed by atoms with Crippen LogP contribution in [0, 0.1) is 12.7 Å². The normalized spacial score (nSPS) is 11.7. The summed E-state index contributed by atoms with van der Waals surface area (Å²) in [5.41, 5.74) is 1.14. The van der Waals surface area contributed by atoms with Crippen LogP contribution < -0.4 is 4.72 Å². The molecule has 1 rings (SSSR count). The van der Waals surface area contributed by atoms with Gasteiger partial charge in [0.1, 0.15) is 10.5 Å². The fourth-order valence-corrected chi connectivity index (χ4v) is 1.93. The quantitative estimate of drug-likeness (QED) is 0.863. The Hall–Kier alpha value is -0.460. The number of hydrogen-bond donors (Lipinski definition) is 1. The summed E-state index contributed by atoms with van der Waals surface area (Å²) < 4.78 is 37.4. The molecule has 0 saturated carbocycles. The van der Waals surface area contributed by atoms with Crippen LogP contribution in [0.4, 0.5) is 4.39 Å². The van der Waals surface area contributed by atoms with E-state index in [9.17, 15) is 12.8 Å². The minimum absolute atomic E-state index is 0.102. The predicted octanol–water partition coefficient (Wildman–Crippen LogP) is 1.91. The number of sulfonamides is 1. The third kappa shape index (κ3) is 3.89. The van der Waals surface area contributed by atoms with E-state index in [0.29, 0.717) is 11.1 Å². The molecule has 0 aliphatic rings. The molecule has 0 fully saturated rings. The van der Waals surface area contributed by atoms with Crippen molar-refractivity contribution in [2.75, 3.05) is 4.66 Å². The molecule has 0 unspecified atom stereocenters. The van der Waals surface area contributed by atoms with Crippen molar-refractivity contribution in [3.63, 3.8) is 0 Å². The molecule has 84 valence electrons. The lowest BCUT2D eigenvalue weighted by molar-refractivity contribution is 0.585. The highest BCUT2D eigenvalue weighted by Gasteiger charge is 2.07. The third-order valence-corrected chi connectivity index (χ3v) is 4.56. The Balaban J connectivity index is 2.71. The fourth-order valence-electron chi connectivity index (χ4n) is 0.978. The van der Waals surface area contributed by atoms with Gasteiger partial charge in [0.05, 0.1) is 0 Å². The van der Waals surface area contributed by atoms with E-state index in [1.165, 1.54) is 6.07 Å². The molecule has 0 saturated heterocycles. The van der Waals surface area contributed by atoms with Crippen molar-refractivity contribution < 1.29 is 12.8 Å². The second kappa shape index (κ2) is 5.05. The first-order valence-electron chi connectivity index (χ1n) is 4.23. The standard InChI is InChI=1S/C9H11BrFNO2S/c1-7-2-3-8(4-9(7)11)5-12-15(13,14)6-10/h2-4,12H,5-6H2,1H3. The molecule has 0 bridgehead atoms. The van der Waals surface area contributed by atoms with Crippen molar-refractivity contribution in [1.82, 2.24) is 4.72 Å². The molecule has 0 aliphatic carbocycles. The molecule has 3 nitrogen and oxygen atoms in total. The van der Waals surface area contributed by atoms with Gasteiger partial charge in [0.25, 0.3) is 0 Å². The zero-order valence-electron chi connectivity index (χ0n) is 8.13. The smallest absolute Gasteiger partial charge is 0.212 e. The number of benzene rings is 1. The first-order valence-corrected chi connectivity index (χ1v) is 7.00. The summed E-state index contributed by atoms with van der Waals surface area (Å²) in [7, 11) is -3.30. The van der Waals surface area contributed by atoms with Gasteiger partial charge in [-0.1, -0.05) is 28.1 Å². The summed E-state index contributed by atoms with van der Waals surface area (Å²) in [5.74, 6) is -0.328. The Morgan fingerprint density at radius 2 is 2.13 bits per heavy atom. The average molecular weight is 296 g/mol. The molecular formula is C9H11BrFNO2S. The topological polar surface area (TPSA) is 46.2 Å². The third-order valence-electron chi connectivity index (χ3n) is 1.88. The van der Waals surface area contributed by atoms with Crippen LogP contribution in [0.3, 0.4) is 0 Å². The van der Waals surface area contributed by atoms with Gasteiger partial charge in [0.2, 0.25) is 10.0 Å². The fraction of sp³-hybridized carbons (Fsp3) is 0.333. The second-order valence-corrected chi connectivity index (χ2v) is 6.24. The Bertz CT molecular complexity index is 447. The summed E-state index contributed by atoms with van der Waals surface area (Å²) in [6, 6.07) is 4.63. The van der Waals surface area contributed by atoms with Crippen LogP contribution in [-0.4, -0.2) is 13.1 Å². The molecule has 1 aromatic carbocycles. The second-order valence-electron chi connectivity index (χ2n) is 3.13. The van der Waals surface area contributed by atoms with Crippen LogP contribution in [0.25, 0.3) is 0 Å². The number of halogens is 2. The molecule has 0 spiro atoms. The van der Waals surface area contributed by atoms with Crippen LogP contribution in [-0.2, 0) is 16.6 Å². The van der Waals surface area contributed by atoms with Crippen molar-refractivity contribution in [1.29, 1.82) is 0 Å². The van der Waals surface area contributed by atoms with Gasteiger partial charge in [-0.05, 0) is 24.1 Å². The molecule has 0 aliphatic heterocycles. The maximum atomic E-state index is 13.1. The molecule has 1 N–H and O–H groups in total. The van der Waals surface area contributed by atoms with Crippen LogP contribution >= 0.6 is 15.9 Å². The summed E-state index contributed by atoms with van der Waals surface area (Å²) in [6.07, 6.45) is 0. The van der Waals surface area contributed by atoms with Gasteiger partial charge < -0.3 is 0 Å². The predicted molar refractivity (Wildman–Crippen MR) is 60.7 cm³/mol. The van der Waals surface area contributed by atoms with Crippen LogP contribution in [0.15, 0.2) is 18.2 Å². The van der Waals surface area contributed by atoms with E-state index in [1.807, 2.05) is 0 Å². The minimum Gasteiger partial charge on any atom is -0.212 e. The maximum absolute atomic E-state index is 13.1. The summed E-state index contributed by atoms with van der Waals surface area (Å²) in [4.78, 5) is 0. The largest absolute Gasteiger partial charge is 0.221 e. The van der Waals surface area contributed by atoms with Gasteiger partial charge >= 0.3 is 0 Å². The lowest BCUT2D eigenvalue weighted by Gasteiger charge is -2.05. The van der Waals surface area contributed by atoms with Crippen molar-refractivity contribution in [2.45, 2.75) is 13.5 Å². The van der Waals surface area contributed by atoms with Gasteiger partial charge in [-0.2, -0.15) is 0 Å². The van der Waals surface area contributed by atoms with Crippen molar-refractivity contribution in [3.8, 4) is 0 Å². The number of rotatable bonds is 4. The SMILES string of the molecule is Cc1ccc(CNS(=O)(=O)CBr)cc1F. The maximum Gasteiger partial charge on any atom is 0.221 e. The Kier molecular flexibility index (Phi) is 4.24. The molecule has 0 aromatic heterocycles. The van der Waals surface area contributed by atoms with E-state index >= 15 is 0 Å². The molecule has 15 heavy (non-hydrogen) atoms. The Labute approximate surface area is 96.9 Å². The lowest BCUT2D eigenvalue weighted by Crippen LogP contribution is -2.23. The van der Waals surface area contributed by atoms with E-state index in [-0.39, 0.29) is 17.0 Å². The highest BCUT2D eigenvalue weighted by molar-refractivity contribution is 9.10. The van der Waals surface area contributed by atoms with Gasteiger partial charge in [-0.15, -0.1) is 0 Å². The summed E-state index contributed by atoms with van der Waals surface area (Å²) in [6.45, 7) is 1.76. The van der Waals surface area contributed by atoms with Gasteiger partial charge in [-0.3, -0.25) is 0 Å². The minimum atomic E-state index is -3.30. The summed E-state index contributed by atoms with van der Waals surface area (Å²) >= 11 is 2.85. The highest BCUT2D eigenvalue weighted by Crippen LogP contribution is 2.09. The van der Waals surface area contributed by atoms with Crippen LogP contribution in [0.1, 0.15) is 11.1 Å². The number of alkyl halides is 1. The van der Waals surface area contributed by atoms with E-state index in [1.54, 1.807) is 19.1 Å². The first kappa shape index (κ1) is 12.6. The monoisotopic (exact) mass is 295 g/mol. The van der Waals surface area contributed by atoms with Crippen LogP contribution in [0.5, 0.6) is 0 Å². The molecule has 0 amide bonds. The summed E-state index contributed by atoms with van der Waals surface area (Å²) in [5, 5.41) is 0. The number of nitrogens with one attached hydrogen (secondary N) is 1. The van der Waals surface area contributed by atoms with E-state index in [4.69, 9.17) is 0 Å². The Morgan fingerprint density at radius 1 is 1.47 bits per heavy atom. The molecule has 1 aromatic rings. The molecule has 0 radical (unpaired) electrons. The first-order chi connectivity index (χ1) is 6.94. The highest BCUT2D eigenvalue weighted by atomic mass is 79.9. The van der Waals surface area contributed by atoms with Gasteiger partial charge in [0.15, 0.2) is 0 Å². The van der Waals surface area contributed by atoms with Gasteiger partial charge in [-0.25, -0.2) is 17.5 Å². The van der Waals surface area contributed by atoms with E-state index in [2.05, 4.69) is 20.7 Å². The Morgan fingerprint density at radius 3 is 2.67 bits per heavy atom. The van der Waals surface area contributed by atoms with E-state index < -0.39 is 10.0 Å². The van der Waals surface area contributed by atoms with Crippen molar-refractivity contribution in [2.24, 2.45) is 0 Å². The van der Waals surface area contributed by atoms with E-state index in [0.717, 1.165) is 0 Å². The van der Waals surface area contributed by atoms with Crippen molar-refractivity contribution in [3.05, 3.63) is 35.1 Å². The number of hydrogen-bond acceptors (Lipinski definition) is 2. The van der Waals surface area contributed by atoms with Crippen molar-refractivity contribution >= 4 is 26.0 Å². The lowest BCUT2D eigenvalue weighted by atomic mass is 10.1. The molecule has 0 atom stereocenters. The molecule has 0 heterocycles.